The minimum Gasteiger partial charge on any atom is -0.469 e. The molecule has 1 fully saturated rings. The van der Waals surface area contributed by atoms with Crippen molar-refractivity contribution < 1.29 is 14.3 Å². The molecule has 1 aliphatic rings. The van der Waals surface area contributed by atoms with Crippen LogP contribution in [-0.2, 0) is 27.9 Å². The number of aliphatic imine (C=N–C) groups is 1. The van der Waals surface area contributed by atoms with Gasteiger partial charge in [0.05, 0.1) is 13.0 Å². The molecular formula is C17H31IN6O3. The molecule has 0 radical (unpaired) electrons. The van der Waals surface area contributed by atoms with Crippen LogP contribution >= 0.6 is 24.0 Å². The van der Waals surface area contributed by atoms with Crippen molar-refractivity contribution in [3.63, 3.8) is 0 Å². The summed E-state index contributed by atoms with van der Waals surface area (Å²) in [4.78, 5) is 18.8. The summed E-state index contributed by atoms with van der Waals surface area (Å²) in [6.07, 6.45) is 0.877. The predicted molar refractivity (Wildman–Crippen MR) is 113 cm³/mol. The Morgan fingerprint density at radius 3 is 2.67 bits per heavy atom. The second-order valence-electron chi connectivity index (χ2n) is 6.65. The van der Waals surface area contributed by atoms with E-state index in [2.05, 4.69) is 27.3 Å². The lowest BCUT2D eigenvalue weighted by atomic mass is 9.99. The Morgan fingerprint density at radius 2 is 2.07 bits per heavy atom. The third-order valence-corrected chi connectivity index (χ3v) is 4.78. The highest BCUT2D eigenvalue weighted by molar-refractivity contribution is 14.0. The summed E-state index contributed by atoms with van der Waals surface area (Å²) >= 11 is 0. The quantitative estimate of drug-likeness (QED) is 0.199. The second-order valence-corrected chi connectivity index (χ2v) is 6.65. The summed E-state index contributed by atoms with van der Waals surface area (Å²) < 4.78 is 12.0. The van der Waals surface area contributed by atoms with Gasteiger partial charge in [0.1, 0.15) is 12.4 Å². The highest BCUT2D eigenvalue weighted by atomic mass is 127. The summed E-state index contributed by atoms with van der Waals surface area (Å²) in [5.74, 6) is 2.34. The molecule has 0 saturated carbocycles. The van der Waals surface area contributed by atoms with Crippen LogP contribution < -0.4 is 5.32 Å². The number of aromatic nitrogens is 3. The minimum atomic E-state index is -0.164. The third kappa shape index (κ3) is 6.30. The van der Waals surface area contributed by atoms with E-state index in [0.29, 0.717) is 19.7 Å². The molecule has 2 heterocycles. The van der Waals surface area contributed by atoms with Crippen molar-refractivity contribution in [2.24, 2.45) is 23.9 Å². The molecule has 154 valence electrons. The van der Waals surface area contributed by atoms with Gasteiger partial charge in [-0.2, -0.15) is 0 Å². The molecule has 1 aromatic rings. The smallest absolute Gasteiger partial charge is 0.310 e. The zero-order valence-electron chi connectivity index (χ0n) is 16.8. The Bertz CT molecular complexity index is 636. The Labute approximate surface area is 177 Å². The van der Waals surface area contributed by atoms with Crippen molar-refractivity contribution in [3.8, 4) is 0 Å². The van der Waals surface area contributed by atoms with Crippen molar-refractivity contribution in [1.82, 2.24) is 25.0 Å². The molecule has 10 heteroatoms. The van der Waals surface area contributed by atoms with E-state index in [1.165, 1.54) is 7.11 Å². The first kappa shape index (κ1) is 23.6. The van der Waals surface area contributed by atoms with Crippen molar-refractivity contribution in [2.75, 3.05) is 40.5 Å². The van der Waals surface area contributed by atoms with Gasteiger partial charge in [-0.15, -0.1) is 34.2 Å². The van der Waals surface area contributed by atoms with E-state index < -0.39 is 0 Å². The van der Waals surface area contributed by atoms with Crippen molar-refractivity contribution in [2.45, 2.75) is 26.8 Å². The topological polar surface area (TPSA) is 93.9 Å². The molecule has 1 N–H and O–H groups in total. The number of rotatable bonds is 7. The van der Waals surface area contributed by atoms with E-state index in [4.69, 9.17) is 14.5 Å². The number of halogens is 1. The lowest BCUT2D eigenvalue weighted by Gasteiger charge is -2.22. The number of hydrogen-bond acceptors (Lipinski definition) is 6. The van der Waals surface area contributed by atoms with E-state index >= 15 is 0 Å². The maximum absolute atomic E-state index is 12.0. The van der Waals surface area contributed by atoms with E-state index in [9.17, 15) is 4.79 Å². The van der Waals surface area contributed by atoms with Crippen LogP contribution in [0.4, 0.5) is 0 Å². The van der Waals surface area contributed by atoms with Crippen LogP contribution in [0.15, 0.2) is 4.99 Å². The van der Waals surface area contributed by atoms with Gasteiger partial charge < -0.3 is 24.3 Å². The number of ether oxygens (including phenoxy) is 2. The Morgan fingerprint density at radius 1 is 1.33 bits per heavy atom. The molecule has 2 unspecified atom stereocenters. The highest BCUT2D eigenvalue weighted by Gasteiger charge is 2.36. The number of esters is 1. The molecule has 2 rings (SSSR count). The van der Waals surface area contributed by atoms with Gasteiger partial charge in [0.15, 0.2) is 11.8 Å². The first-order chi connectivity index (χ1) is 12.5. The normalized spacial score (nSPS) is 19.7. The number of carbonyl (C=O) groups excluding carboxylic acids is 1. The standard InChI is InChI=1S/C17H30N6O3.HI/c1-12-10-23(11-14(12)16(24)26-5)17(18-7-6-8-25-4)19-9-15-21-20-13(2)22(15)3;/h12,14H,6-11H2,1-5H3,(H,18,19);1H. The summed E-state index contributed by atoms with van der Waals surface area (Å²) in [6.45, 7) is 7.19. The number of carbonyl (C=O) groups is 1. The van der Waals surface area contributed by atoms with Crippen LogP contribution in [0.25, 0.3) is 0 Å². The fourth-order valence-corrected chi connectivity index (χ4v) is 3.02. The molecular weight excluding hydrogens is 463 g/mol. The number of nitrogens with one attached hydrogen (secondary N) is 1. The minimum absolute atomic E-state index is 0. The SMILES string of the molecule is COCCCNC(=NCc1nnc(C)n1C)N1CC(C)C(C(=O)OC)C1.I. The first-order valence-electron chi connectivity index (χ1n) is 8.92. The first-order valence-corrected chi connectivity index (χ1v) is 8.92. The third-order valence-electron chi connectivity index (χ3n) is 4.78. The average molecular weight is 494 g/mol. The Kier molecular flexibility index (Phi) is 9.99. The van der Waals surface area contributed by atoms with Crippen LogP contribution in [-0.4, -0.2) is 72.1 Å². The van der Waals surface area contributed by atoms with Crippen molar-refractivity contribution in [1.29, 1.82) is 0 Å². The van der Waals surface area contributed by atoms with Gasteiger partial charge in [-0.1, -0.05) is 6.92 Å². The van der Waals surface area contributed by atoms with Gasteiger partial charge in [0, 0.05) is 40.4 Å². The van der Waals surface area contributed by atoms with Crippen LogP contribution in [0.2, 0.25) is 0 Å². The monoisotopic (exact) mass is 494 g/mol. The van der Waals surface area contributed by atoms with Gasteiger partial charge in [0.25, 0.3) is 0 Å². The molecule has 0 spiro atoms. The molecule has 9 nitrogen and oxygen atoms in total. The molecule has 0 aliphatic carbocycles. The maximum atomic E-state index is 12.0. The van der Waals surface area contributed by atoms with Crippen LogP contribution in [0.1, 0.15) is 25.0 Å². The number of hydrogen-bond donors (Lipinski definition) is 1. The summed E-state index contributed by atoms with van der Waals surface area (Å²) in [6, 6.07) is 0. The predicted octanol–water partition coefficient (Wildman–Crippen LogP) is 0.965. The van der Waals surface area contributed by atoms with Gasteiger partial charge in [0.2, 0.25) is 0 Å². The molecule has 2 atom stereocenters. The van der Waals surface area contributed by atoms with Gasteiger partial charge >= 0.3 is 5.97 Å². The average Bonchev–Trinajstić information content (AvgIpc) is 3.17. The molecule has 0 amide bonds. The van der Waals surface area contributed by atoms with Gasteiger partial charge in [-0.05, 0) is 19.3 Å². The molecule has 0 bridgehead atoms. The zero-order valence-corrected chi connectivity index (χ0v) is 19.1. The van der Waals surface area contributed by atoms with Gasteiger partial charge in [-0.3, -0.25) is 4.79 Å². The maximum Gasteiger partial charge on any atom is 0.310 e. The lowest BCUT2D eigenvalue weighted by Crippen LogP contribution is -2.41. The Balaban J connectivity index is 0.00000364. The Hall–Kier alpha value is -1.43. The lowest BCUT2D eigenvalue weighted by molar-refractivity contribution is -0.145. The number of guanidine groups is 1. The van der Waals surface area contributed by atoms with E-state index in [1.54, 1.807) is 7.11 Å². The van der Waals surface area contributed by atoms with E-state index in [-0.39, 0.29) is 41.8 Å². The fourth-order valence-electron chi connectivity index (χ4n) is 3.02. The molecule has 1 aromatic heterocycles. The zero-order chi connectivity index (χ0) is 19.1. The number of methoxy groups -OCH3 is 2. The number of aryl methyl sites for hydroxylation is 1. The second kappa shape index (κ2) is 11.4. The molecule has 1 aliphatic heterocycles. The highest BCUT2D eigenvalue weighted by Crippen LogP contribution is 2.24. The van der Waals surface area contributed by atoms with Crippen molar-refractivity contribution >= 4 is 35.9 Å². The number of nitrogens with zero attached hydrogens (tertiary/aromatic N) is 5. The van der Waals surface area contributed by atoms with Gasteiger partial charge in [-0.25, -0.2) is 4.99 Å². The number of likely N-dealkylation sites (tertiary alicyclic amines) is 1. The van der Waals surface area contributed by atoms with Crippen LogP contribution in [0.5, 0.6) is 0 Å². The van der Waals surface area contributed by atoms with E-state index in [1.807, 2.05) is 18.5 Å². The van der Waals surface area contributed by atoms with Crippen LogP contribution in [0, 0.1) is 18.8 Å². The molecule has 27 heavy (non-hydrogen) atoms. The van der Waals surface area contributed by atoms with Crippen LogP contribution in [0.3, 0.4) is 0 Å². The summed E-state index contributed by atoms with van der Waals surface area (Å²) in [5, 5.41) is 11.6. The fraction of sp³-hybridized carbons (Fsp3) is 0.765. The van der Waals surface area contributed by atoms with Crippen molar-refractivity contribution in [3.05, 3.63) is 11.6 Å². The summed E-state index contributed by atoms with van der Waals surface area (Å²) in [5.41, 5.74) is 0. The van der Waals surface area contributed by atoms with E-state index in [0.717, 1.165) is 37.1 Å². The summed E-state index contributed by atoms with van der Waals surface area (Å²) in [7, 11) is 5.05. The molecule has 0 aromatic carbocycles. The largest absolute Gasteiger partial charge is 0.469 e. The molecule has 1 saturated heterocycles.